The van der Waals surface area contributed by atoms with E-state index in [1.54, 1.807) is 17.7 Å². The van der Waals surface area contributed by atoms with Crippen molar-refractivity contribution in [2.75, 3.05) is 11.9 Å². The predicted octanol–water partition coefficient (Wildman–Crippen LogP) is 3.46. The van der Waals surface area contributed by atoms with Gasteiger partial charge in [-0.15, -0.1) is 16.4 Å². The molecule has 0 fully saturated rings. The van der Waals surface area contributed by atoms with Crippen molar-refractivity contribution in [2.24, 2.45) is 0 Å². The Kier molecular flexibility index (Phi) is 4.55. The lowest BCUT2D eigenvalue weighted by Crippen LogP contribution is -2.19. The molecule has 1 amide bonds. The number of amides is 1. The van der Waals surface area contributed by atoms with Crippen LogP contribution < -0.4 is 5.32 Å². The van der Waals surface area contributed by atoms with E-state index in [0.29, 0.717) is 17.2 Å². The fourth-order valence-corrected chi connectivity index (χ4v) is 3.73. The maximum absolute atomic E-state index is 12.4. The van der Waals surface area contributed by atoms with Crippen LogP contribution in [-0.4, -0.2) is 33.5 Å². The van der Waals surface area contributed by atoms with Crippen molar-refractivity contribution in [1.82, 2.24) is 15.0 Å². The summed E-state index contributed by atoms with van der Waals surface area (Å²) in [6, 6.07) is 14.8. The highest BCUT2D eigenvalue weighted by atomic mass is 32.1. The van der Waals surface area contributed by atoms with Crippen LogP contribution in [0.15, 0.2) is 48.5 Å². The second-order valence-corrected chi connectivity index (χ2v) is 6.95. The van der Waals surface area contributed by atoms with E-state index in [0.717, 1.165) is 21.1 Å². The number of thiophene rings is 1. The number of nitrogens with zero attached hydrogens (tertiary/aromatic N) is 3. The van der Waals surface area contributed by atoms with Crippen LogP contribution in [0.25, 0.3) is 21.1 Å². The molecule has 0 aliphatic rings. The zero-order valence-electron chi connectivity index (χ0n) is 14.5. The van der Waals surface area contributed by atoms with E-state index in [9.17, 15) is 9.59 Å². The molecule has 2 heterocycles. The van der Waals surface area contributed by atoms with Crippen molar-refractivity contribution >= 4 is 50.0 Å². The van der Waals surface area contributed by atoms with Gasteiger partial charge in [-0.2, -0.15) is 0 Å². The first-order chi connectivity index (χ1) is 13.1. The van der Waals surface area contributed by atoms with E-state index in [-0.39, 0.29) is 18.4 Å². The van der Waals surface area contributed by atoms with Gasteiger partial charge >= 0.3 is 5.97 Å². The highest BCUT2D eigenvalue weighted by Gasteiger charge is 2.13. The van der Waals surface area contributed by atoms with Crippen molar-refractivity contribution in [2.45, 2.75) is 13.5 Å². The summed E-state index contributed by atoms with van der Waals surface area (Å²) in [6.07, 6.45) is 0. The number of ether oxygens (including phenoxy) is 1. The Hall–Kier alpha value is -3.26. The summed E-state index contributed by atoms with van der Waals surface area (Å²) < 4.78 is 7.55. The molecule has 0 aliphatic carbocycles. The number of para-hydroxylation sites is 1. The van der Waals surface area contributed by atoms with Crippen molar-refractivity contribution in [1.29, 1.82) is 0 Å². The Balaban J connectivity index is 1.50. The normalized spacial score (nSPS) is 11.0. The van der Waals surface area contributed by atoms with Crippen molar-refractivity contribution < 1.29 is 14.3 Å². The molecule has 0 aliphatic heterocycles. The zero-order valence-corrected chi connectivity index (χ0v) is 15.3. The van der Waals surface area contributed by atoms with Crippen LogP contribution in [0.3, 0.4) is 0 Å². The SMILES string of the molecule is CCOC(=O)c1cc2cc(NC(=O)Cn3nnc4ccccc43)ccc2s1. The zero-order chi connectivity index (χ0) is 18.8. The summed E-state index contributed by atoms with van der Waals surface area (Å²) in [5.74, 6) is -0.534. The van der Waals surface area contributed by atoms with Gasteiger partial charge in [0.05, 0.1) is 12.1 Å². The summed E-state index contributed by atoms with van der Waals surface area (Å²) in [5.41, 5.74) is 2.21. The van der Waals surface area contributed by atoms with Gasteiger partial charge in [-0.1, -0.05) is 17.3 Å². The van der Waals surface area contributed by atoms with Gasteiger partial charge in [0.25, 0.3) is 0 Å². The second kappa shape index (κ2) is 7.16. The third-order valence-corrected chi connectivity index (χ3v) is 5.09. The standard InChI is InChI=1S/C19H16N4O3S/c1-2-26-19(25)17-10-12-9-13(7-8-16(12)27-17)20-18(24)11-23-15-6-4-3-5-14(15)21-22-23/h3-10H,2,11H2,1H3,(H,20,24). The molecule has 0 atom stereocenters. The molecule has 0 spiro atoms. The summed E-state index contributed by atoms with van der Waals surface area (Å²) in [5, 5.41) is 11.8. The molecule has 8 heteroatoms. The molecule has 0 bridgehead atoms. The van der Waals surface area contributed by atoms with E-state index in [2.05, 4.69) is 15.6 Å². The maximum Gasteiger partial charge on any atom is 0.348 e. The van der Waals surface area contributed by atoms with E-state index in [4.69, 9.17) is 4.74 Å². The molecule has 136 valence electrons. The number of carbonyl (C=O) groups is 2. The number of hydrogen-bond acceptors (Lipinski definition) is 6. The Morgan fingerprint density at radius 3 is 2.89 bits per heavy atom. The average molecular weight is 380 g/mol. The lowest BCUT2D eigenvalue weighted by molar-refractivity contribution is -0.116. The number of esters is 1. The molecule has 0 saturated carbocycles. The minimum Gasteiger partial charge on any atom is -0.462 e. The first-order valence-electron chi connectivity index (χ1n) is 8.43. The van der Waals surface area contributed by atoms with E-state index in [1.807, 2.05) is 42.5 Å². The Morgan fingerprint density at radius 1 is 1.19 bits per heavy atom. The van der Waals surface area contributed by atoms with Crippen molar-refractivity contribution in [3.63, 3.8) is 0 Å². The number of hydrogen-bond donors (Lipinski definition) is 1. The van der Waals surface area contributed by atoms with Crippen LogP contribution in [0.5, 0.6) is 0 Å². The monoisotopic (exact) mass is 380 g/mol. The molecular formula is C19H16N4O3S. The van der Waals surface area contributed by atoms with Crippen LogP contribution in [0.4, 0.5) is 5.69 Å². The van der Waals surface area contributed by atoms with Crippen LogP contribution in [-0.2, 0) is 16.1 Å². The van der Waals surface area contributed by atoms with Gasteiger partial charge in [0.2, 0.25) is 5.91 Å². The fourth-order valence-electron chi connectivity index (χ4n) is 2.79. The quantitative estimate of drug-likeness (QED) is 0.536. The van der Waals surface area contributed by atoms with Gasteiger partial charge < -0.3 is 10.1 Å². The summed E-state index contributed by atoms with van der Waals surface area (Å²) in [4.78, 5) is 24.8. The first kappa shape index (κ1) is 17.2. The number of anilines is 1. The average Bonchev–Trinajstić information content (AvgIpc) is 3.26. The largest absolute Gasteiger partial charge is 0.462 e. The lowest BCUT2D eigenvalue weighted by atomic mass is 10.2. The highest BCUT2D eigenvalue weighted by Crippen LogP contribution is 2.28. The van der Waals surface area contributed by atoms with E-state index >= 15 is 0 Å². The van der Waals surface area contributed by atoms with Gasteiger partial charge in [-0.3, -0.25) is 4.79 Å². The Labute approximate surface area is 158 Å². The van der Waals surface area contributed by atoms with Gasteiger partial charge in [0.1, 0.15) is 16.9 Å². The van der Waals surface area contributed by atoms with Gasteiger partial charge in [0, 0.05) is 10.4 Å². The van der Waals surface area contributed by atoms with Crippen molar-refractivity contribution in [3.8, 4) is 0 Å². The van der Waals surface area contributed by atoms with Gasteiger partial charge in [-0.25, -0.2) is 9.48 Å². The predicted molar refractivity (Wildman–Crippen MR) is 104 cm³/mol. The van der Waals surface area contributed by atoms with Crippen LogP contribution >= 0.6 is 11.3 Å². The minimum atomic E-state index is -0.331. The maximum atomic E-state index is 12.4. The number of benzene rings is 2. The molecule has 4 aromatic rings. The molecule has 4 rings (SSSR count). The first-order valence-corrected chi connectivity index (χ1v) is 9.24. The fraction of sp³-hybridized carbons (Fsp3) is 0.158. The van der Waals surface area contributed by atoms with E-state index in [1.165, 1.54) is 11.3 Å². The van der Waals surface area contributed by atoms with E-state index < -0.39 is 0 Å². The molecule has 1 N–H and O–H groups in total. The molecule has 0 unspecified atom stereocenters. The minimum absolute atomic E-state index is 0.0657. The topological polar surface area (TPSA) is 86.1 Å². The number of fused-ring (bicyclic) bond motifs is 2. The third-order valence-electron chi connectivity index (χ3n) is 3.99. The number of aromatic nitrogens is 3. The highest BCUT2D eigenvalue weighted by molar-refractivity contribution is 7.20. The molecular weight excluding hydrogens is 364 g/mol. The molecule has 0 radical (unpaired) electrons. The third kappa shape index (κ3) is 3.52. The Morgan fingerprint density at radius 2 is 2.04 bits per heavy atom. The number of nitrogens with one attached hydrogen (secondary N) is 1. The van der Waals surface area contributed by atoms with Crippen LogP contribution in [0.1, 0.15) is 16.6 Å². The van der Waals surface area contributed by atoms with Gasteiger partial charge in [0.15, 0.2) is 0 Å². The molecule has 2 aromatic heterocycles. The molecule has 7 nitrogen and oxygen atoms in total. The van der Waals surface area contributed by atoms with Crippen molar-refractivity contribution in [3.05, 3.63) is 53.4 Å². The smallest absolute Gasteiger partial charge is 0.348 e. The van der Waals surface area contributed by atoms with Crippen LogP contribution in [0.2, 0.25) is 0 Å². The summed E-state index contributed by atoms with van der Waals surface area (Å²) in [7, 11) is 0. The summed E-state index contributed by atoms with van der Waals surface area (Å²) in [6.45, 7) is 2.18. The van der Waals surface area contributed by atoms with Crippen LogP contribution in [0, 0.1) is 0 Å². The lowest BCUT2D eigenvalue weighted by Gasteiger charge is -2.06. The molecule has 2 aromatic carbocycles. The number of rotatable bonds is 5. The molecule has 27 heavy (non-hydrogen) atoms. The second-order valence-electron chi connectivity index (χ2n) is 5.87. The molecule has 0 saturated heterocycles. The number of carbonyl (C=O) groups excluding carboxylic acids is 2. The summed E-state index contributed by atoms with van der Waals surface area (Å²) >= 11 is 1.37. The Bertz CT molecular complexity index is 1150. The van der Waals surface area contributed by atoms with Gasteiger partial charge in [-0.05, 0) is 48.7 Å².